The summed E-state index contributed by atoms with van der Waals surface area (Å²) in [5, 5.41) is 0. The smallest absolute Gasteiger partial charge is 0.353 e. The van der Waals surface area contributed by atoms with Gasteiger partial charge in [-0.05, 0) is 30.6 Å². The maximum absolute atomic E-state index is 5.60. The molecule has 117 valence electrons. The van der Waals surface area contributed by atoms with Gasteiger partial charge in [-0.1, -0.05) is 64.2 Å². The Bertz CT molecular complexity index is 221. The lowest BCUT2D eigenvalue weighted by molar-refractivity contribution is 0.126. The summed E-state index contributed by atoms with van der Waals surface area (Å²) in [4.78, 5) is 0. The van der Waals surface area contributed by atoms with Crippen LogP contribution < -0.4 is 0 Å². The molecule has 0 aliphatic heterocycles. The van der Waals surface area contributed by atoms with Gasteiger partial charge in [-0.3, -0.25) is 0 Å². The molecule has 2 fully saturated rings. The van der Waals surface area contributed by atoms with E-state index in [1.54, 1.807) is 0 Å². The molecule has 0 amide bonds. The minimum Gasteiger partial charge on any atom is -0.446 e. The first kappa shape index (κ1) is 16.7. The molecule has 2 aliphatic rings. The van der Waals surface area contributed by atoms with Crippen molar-refractivity contribution in [3.05, 3.63) is 0 Å². The van der Waals surface area contributed by atoms with E-state index < -0.39 is 0 Å². The van der Waals surface area contributed by atoms with Gasteiger partial charge in [0.1, 0.15) is 10.5 Å². The molecule has 0 unspecified atom stereocenters. The van der Waals surface area contributed by atoms with E-state index in [-0.39, 0.29) is 10.0 Å². The molecular weight excluding hydrogens is 280 g/mol. The molecule has 20 heavy (non-hydrogen) atoms. The van der Waals surface area contributed by atoms with Gasteiger partial charge in [0, 0.05) is 6.61 Å². The molecule has 1 radical (unpaired) electrons. The van der Waals surface area contributed by atoms with Crippen molar-refractivity contribution >= 4 is 20.5 Å². The van der Waals surface area contributed by atoms with Gasteiger partial charge in [-0.2, -0.15) is 0 Å². The summed E-state index contributed by atoms with van der Waals surface area (Å²) in [5.41, 5.74) is 0. The zero-order chi connectivity index (χ0) is 14.0. The Balaban J connectivity index is 1.78. The molecular formula is C16H33O2Si2. The second-order valence-electron chi connectivity index (χ2n) is 6.80. The summed E-state index contributed by atoms with van der Waals surface area (Å²) < 4.78 is 10.8. The van der Waals surface area contributed by atoms with Crippen LogP contribution in [0.5, 0.6) is 0 Å². The predicted molar refractivity (Wildman–Crippen MR) is 90.0 cm³/mol. The number of hydrogen-bond donors (Lipinski definition) is 0. The summed E-state index contributed by atoms with van der Waals surface area (Å²) in [6.07, 6.45) is 17.6. The molecule has 2 rings (SSSR count). The standard InChI is InChI=1S/C16H33O2Si2/c19-18-20-17-13-7-12-16(14-8-3-1-4-9-14)15-10-5-2-6-11-15/h14-16,20H,1-13H2,19H3. The zero-order valence-corrected chi connectivity index (χ0v) is 16.5. The first-order valence-electron chi connectivity index (χ1n) is 8.88. The minimum atomic E-state index is -0.157. The maximum atomic E-state index is 5.60. The van der Waals surface area contributed by atoms with Crippen molar-refractivity contribution in [3.63, 3.8) is 0 Å². The molecule has 2 aliphatic carbocycles. The van der Waals surface area contributed by atoms with Gasteiger partial charge >= 0.3 is 10.0 Å². The largest absolute Gasteiger partial charge is 0.446 e. The van der Waals surface area contributed by atoms with Crippen LogP contribution in [0.3, 0.4) is 0 Å². The third kappa shape index (κ3) is 5.62. The van der Waals surface area contributed by atoms with Crippen LogP contribution in [0.1, 0.15) is 77.0 Å². The first-order chi connectivity index (χ1) is 9.92. The van der Waals surface area contributed by atoms with Gasteiger partial charge in [-0.25, -0.2) is 0 Å². The Labute approximate surface area is 131 Å². The van der Waals surface area contributed by atoms with Crippen LogP contribution in [-0.4, -0.2) is 27.1 Å². The topological polar surface area (TPSA) is 18.5 Å². The van der Waals surface area contributed by atoms with E-state index in [0.29, 0.717) is 0 Å². The average Bonchev–Trinajstić information content (AvgIpc) is 2.53. The fourth-order valence-electron chi connectivity index (χ4n) is 4.50. The molecule has 0 heterocycles. The van der Waals surface area contributed by atoms with Gasteiger partial charge < -0.3 is 8.54 Å². The van der Waals surface area contributed by atoms with Crippen LogP contribution in [0.4, 0.5) is 0 Å². The van der Waals surface area contributed by atoms with Crippen molar-refractivity contribution in [2.75, 3.05) is 6.61 Å². The van der Waals surface area contributed by atoms with Crippen molar-refractivity contribution < 1.29 is 8.54 Å². The van der Waals surface area contributed by atoms with Gasteiger partial charge in [0.25, 0.3) is 0 Å². The van der Waals surface area contributed by atoms with Gasteiger partial charge in [-0.15, -0.1) is 0 Å². The molecule has 0 aromatic carbocycles. The van der Waals surface area contributed by atoms with Crippen LogP contribution in [0.2, 0.25) is 0 Å². The summed E-state index contributed by atoms with van der Waals surface area (Å²) in [5.74, 6) is 3.08. The highest BCUT2D eigenvalue weighted by molar-refractivity contribution is 6.27. The summed E-state index contributed by atoms with van der Waals surface area (Å²) in [7, 11) is 0.670. The normalized spacial score (nSPS) is 22.6. The van der Waals surface area contributed by atoms with E-state index >= 15 is 0 Å². The highest BCUT2D eigenvalue weighted by atomic mass is 28.3. The third-order valence-corrected chi connectivity index (χ3v) is 6.62. The molecule has 0 saturated heterocycles. The predicted octanol–water partition coefficient (Wildman–Crippen LogP) is 3.12. The lowest BCUT2D eigenvalue weighted by Crippen LogP contribution is -2.27. The van der Waals surface area contributed by atoms with Crippen molar-refractivity contribution in [1.29, 1.82) is 0 Å². The lowest BCUT2D eigenvalue weighted by atomic mass is 9.68. The van der Waals surface area contributed by atoms with Crippen LogP contribution in [0, 0.1) is 17.8 Å². The quantitative estimate of drug-likeness (QED) is 0.506. The minimum absolute atomic E-state index is 0.157. The molecule has 2 saturated carbocycles. The molecule has 4 heteroatoms. The molecule has 2 nitrogen and oxygen atoms in total. The lowest BCUT2D eigenvalue weighted by Gasteiger charge is -2.38. The van der Waals surface area contributed by atoms with E-state index in [2.05, 4.69) is 0 Å². The molecule has 0 bridgehead atoms. The summed E-state index contributed by atoms with van der Waals surface area (Å²) in [6, 6.07) is 0. The molecule has 0 spiro atoms. The number of hydrogen-bond acceptors (Lipinski definition) is 2. The second kappa shape index (κ2) is 10.1. The molecule has 0 atom stereocenters. The van der Waals surface area contributed by atoms with Crippen molar-refractivity contribution in [2.24, 2.45) is 17.8 Å². The highest BCUT2D eigenvalue weighted by Gasteiger charge is 2.30. The molecule has 0 N–H and O–H groups in total. The van der Waals surface area contributed by atoms with E-state index in [4.69, 9.17) is 8.54 Å². The van der Waals surface area contributed by atoms with E-state index in [0.717, 1.165) is 34.8 Å². The SMILES string of the molecule is [SiH3]O[SiH]OCCCC(C1CCCCC1)C1CCCCC1. The van der Waals surface area contributed by atoms with E-state index in [9.17, 15) is 0 Å². The second-order valence-corrected chi connectivity index (χ2v) is 9.22. The Morgan fingerprint density at radius 1 is 0.900 bits per heavy atom. The van der Waals surface area contributed by atoms with Crippen LogP contribution in [-0.2, 0) is 8.54 Å². The average molecular weight is 314 g/mol. The first-order valence-corrected chi connectivity index (χ1v) is 10.6. The van der Waals surface area contributed by atoms with Crippen LogP contribution >= 0.6 is 0 Å². The van der Waals surface area contributed by atoms with Crippen LogP contribution in [0.25, 0.3) is 0 Å². The Morgan fingerprint density at radius 2 is 1.45 bits per heavy atom. The summed E-state index contributed by atoms with van der Waals surface area (Å²) >= 11 is 0. The van der Waals surface area contributed by atoms with Crippen molar-refractivity contribution in [3.8, 4) is 0 Å². The highest BCUT2D eigenvalue weighted by Crippen LogP contribution is 2.42. The molecule has 0 aromatic heterocycles. The van der Waals surface area contributed by atoms with Crippen molar-refractivity contribution in [2.45, 2.75) is 77.0 Å². The Kier molecular flexibility index (Phi) is 8.48. The van der Waals surface area contributed by atoms with E-state index in [1.165, 1.54) is 77.0 Å². The van der Waals surface area contributed by atoms with Gasteiger partial charge in [0.15, 0.2) is 0 Å². The van der Waals surface area contributed by atoms with Crippen molar-refractivity contribution in [1.82, 2.24) is 0 Å². The maximum Gasteiger partial charge on any atom is 0.353 e. The molecule has 0 aromatic rings. The van der Waals surface area contributed by atoms with E-state index in [1.807, 2.05) is 0 Å². The Hall–Kier alpha value is 0.354. The fraction of sp³-hybridized carbons (Fsp3) is 1.00. The Morgan fingerprint density at radius 3 is 1.95 bits per heavy atom. The van der Waals surface area contributed by atoms with Crippen LogP contribution in [0.15, 0.2) is 0 Å². The third-order valence-electron chi connectivity index (χ3n) is 5.47. The zero-order valence-electron chi connectivity index (χ0n) is 13.3. The number of rotatable bonds is 8. The van der Waals surface area contributed by atoms with Gasteiger partial charge in [0.05, 0.1) is 0 Å². The van der Waals surface area contributed by atoms with Gasteiger partial charge in [0.2, 0.25) is 0 Å². The monoisotopic (exact) mass is 313 g/mol. The summed E-state index contributed by atoms with van der Waals surface area (Å²) in [6.45, 7) is 0.938. The fourth-order valence-corrected chi connectivity index (χ4v) is 5.31.